The highest BCUT2D eigenvalue weighted by Gasteiger charge is 2.30. The van der Waals surface area contributed by atoms with Gasteiger partial charge in [0.25, 0.3) is 0 Å². The number of nitrogens with zero attached hydrogens (tertiary/aromatic N) is 1. The average Bonchev–Trinajstić information content (AvgIpc) is 3.03. The molecule has 2 fully saturated rings. The molecule has 1 aromatic rings. The molecule has 4 nitrogen and oxygen atoms in total. The van der Waals surface area contributed by atoms with E-state index >= 15 is 0 Å². The van der Waals surface area contributed by atoms with E-state index in [-0.39, 0.29) is 6.29 Å². The number of likely N-dealkylation sites (tertiary alicyclic amines) is 1. The maximum Gasteiger partial charge on any atom is 0.160 e. The molecule has 1 aromatic carbocycles. The number of benzene rings is 1. The first-order chi connectivity index (χ1) is 9.92. The fourth-order valence-electron chi connectivity index (χ4n) is 2.91. The number of hydrogen-bond acceptors (Lipinski definition) is 4. The largest absolute Gasteiger partial charge is 0.492 e. The van der Waals surface area contributed by atoms with E-state index in [0.717, 1.165) is 58.0 Å². The van der Waals surface area contributed by atoms with Gasteiger partial charge in [0.2, 0.25) is 0 Å². The fourth-order valence-corrected chi connectivity index (χ4v) is 2.91. The highest BCUT2D eigenvalue weighted by Crippen LogP contribution is 2.25. The highest BCUT2D eigenvalue weighted by atomic mass is 16.7. The molecule has 0 spiro atoms. The number of ether oxygens (including phenoxy) is 3. The second-order valence-electron chi connectivity index (χ2n) is 5.45. The van der Waals surface area contributed by atoms with Crippen LogP contribution in [0, 0.1) is 5.92 Å². The molecule has 2 heterocycles. The minimum absolute atomic E-state index is 0.0534. The standard InChI is InChI=1S/C16H23NO3/c1-2-4-15(5-3-1)18-11-10-17-8-6-14(7-9-17)16-19-12-13-20-16/h1-5,14,16H,6-13H2. The maximum atomic E-state index is 5.74. The minimum Gasteiger partial charge on any atom is -0.492 e. The van der Waals surface area contributed by atoms with Gasteiger partial charge < -0.3 is 14.2 Å². The van der Waals surface area contributed by atoms with Gasteiger partial charge in [-0.25, -0.2) is 0 Å². The molecule has 2 aliphatic heterocycles. The van der Waals surface area contributed by atoms with E-state index in [9.17, 15) is 0 Å². The number of rotatable bonds is 5. The first-order valence-corrected chi connectivity index (χ1v) is 7.55. The van der Waals surface area contributed by atoms with Gasteiger partial charge in [-0.3, -0.25) is 4.90 Å². The van der Waals surface area contributed by atoms with Crippen molar-refractivity contribution in [2.24, 2.45) is 5.92 Å². The molecule has 0 radical (unpaired) electrons. The Morgan fingerprint density at radius 1 is 1.05 bits per heavy atom. The summed E-state index contributed by atoms with van der Waals surface area (Å²) in [6.07, 6.45) is 2.38. The Balaban J connectivity index is 1.34. The molecule has 2 aliphatic rings. The quantitative estimate of drug-likeness (QED) is 0.825. The first-order valence-electron chi connectivity index (χ1n) is 7.55. The van der Waals surface area contributed by atoms with Crippen molar-refractivity contribution < 1.29 is 14.2 Å². The fraction of sp³-hybridized carbons (Fsp3) is 0.625. The van der Waals surface area contributed by atoms with Crippen LogP contribution in [0.4, 0.5) is 0 Å². The third kappa shape index (κ3) is 3.72. The van der Waals surface area contributed by atoms with Crippen LogP contribution in [-0.2, 0) is 9.47 Å². The molecule has 20 heavy (non-hydrogen) atoms. The predicted molar refractivity (Wildman–Crippen MR) is 76.8 cm³/mol. The van der Waals surface area contributed by atoms with Crippen molar-refractivity contribution in [1.29, 1.82) is 0 Å². The third-order valence-corrected chi connectivity index (χ3v) is 4.08. The van der Waals surface area contributed by atoms with Crippen LogP contribution in [0.5, 0.6) is 5.75 Å². The van der Waals surface area contributed by atoms with Gasteiger partial charge in [0.15, 0.2) is 6.29 Å². The van der Waals surface area contributed by atoms with Crippen molar-refractivity contribution in [2.45, 2.75) is 19.1 Å². The lowest BCUT2D eigenvalue weighted by atomic mass is 9.96. The van der Waals surface area contributed by atoms with E-state index < -0.39 is 0 Å². The molecule has 2 saturated heterocycles. The topological polar surface area (TPSA) is 30.9 Å². The summed E-state index contributed by atoms with van der Waals surface area (Å²) in [6.45, 7) is 5.50. The van der Waals surface area contributed by atoms with Gasteiger partial charge in [-0.15, -0.1) is 0 Å². The molecule has 0 aromatic heterocycles. The van der Waals surface area contributed by atoms with Crippen molar-refractivity contribution in [2.75, 3.05) is 39.5 Å². The van der Waals surface area contributed by atoms with E-state index in [2.05, 4.69) is 4.90 Å². The Hall–Kier alpha value is -1.10. The van der Waals surface area contributed by atoms with E-state index in [4.69, 9.17) is 14.2 Å². The molecule has 3 rings (SSSR count). The predicted octanol–water partition coefficient (Wildman–Crippen LogP) is 2.15. The number of piperidine rings is 1. The molecule has 0 saturated carbocycles. The minimum atomic E-state index is 0.0534. The molecule has 4 heteroatoms. The Morgan fingerprint density at radius 2 is 1.75 bits per heavy atom. The van der Waals surface area contributed by atoms with Gasteiger partial charge in [-0.05, 0) is 38.1 Å². The molecule has 0 atom stereocenters. The van der Waals surface area contributed by atoms with Gasteiger partial charge in [-0.2, -0.15) is 0 Å². The molecule has 0 aliphatic carbocycles. The summed E-state index contributed by atoms with van der Waals surface area (Å²) in [6, 6.07) is 10.0. The van der Waals surface area contributed by atoms with Crippen molar-refractivity contribution in [1.82, 2.24) is 4.90 Å². The number of hydrogen-bond donors (Lipinski definition) is 0. The van der Waals surface area contributed by atoms with E-state index in [0.29, 0.717) is 5.92 Å². The summed E-state index contributed by atoms with van der Waals surface area (Å²) in [5, 5.41) is 0. The van der Waals surface area contributed by atoms with E-state index in [1.165, 1.54) is 0 Å². The lowest BCUT2D eigenvalue weighted by Crippen LogP contribution is -2.39. The zero-order valence-electron chi connectivity index (χ0n) is 11.9. The van der Waals surface area contributed by atoms with Crippen LogP contribution in [0.1, 0.15) is 12.8 Å². The third-order valence-electron chi connectivity index (χ3n) is 4.08. The molecular formula is C16H23NO3. The van der Waals surface area contributed by atoms with Crippen LogP contribution in [0.3, 0.4) is 0 Å². The van der Waals surface area contributed by atoms with Gasteiger partial charge in [-0.1, -0.05) is 18.2 Å². The summed E-state index contributed by atoms with van der Waals surface area (Å²) in [7, 11) is 0. The summed E-state index contributed by atoms with van der Waals surface area (Å²) in [5.74, 6) is 1.53. The smallest absolute Gasteiger partial charge is 0.160 e. The Kier molecular flexibility index (Phi) is 4.90. The Labute approximate surface area is 120 Å². The van der Waals surface area contributed by atoms with Gasteiger partial charge in [0, 0.05) is 12.5 Å². The molecule has 0 unspecified atom stereocenters. The Bertz CT molecular complexity index is 384. The van der Waals surface area contributed by atoms with Crippen molar-refractivity contribution >= 4 is 0 Å². The van der Waals surface area contributed by atoms with Crippen LogP contribution < -0.4 is 4.74 Å². The van der Waals surface area contributed by atoms with Crippen molar-refractivity contribution in [3.05, 3.63) is 30.3 Å². The van der Waals surface area contributed by atoms with Crippen LogP contribution in [0.2, 0.25) is 0 Å². The van der Waals surface area contributed by atoms with Crippen LogP contribution in [0.15, 0.2) is 30.3 Å². The van der Waals surface area contributed by atoms with Crippen LogP contribution >= 0.6 is 0 Å². The van der Waals surface area contributed by atoms with Crippen LogP contribution in [-0.4, -0.2) is 50.6 Å². The molecular weight excluding hydrogens is 254 g/mol. The highest BCUT2D eigenvalue weighted by molar-refractivity contribution is 5.20. The molecule has 0 bridgehead atoms. The van der Waals surface area contributed by atoms with Gasteiger partial charge >= 0.3 is 0 Å². The van der Waals surface area contributed by atoms with E-state index in [1.807, 2.05) is 30.3 Å². The van der Waals surface area contributed by atoms with Crippen molar-refractivity contribution in [3.63, 3.8) is 0 Å². The summed E-state index contributed by atoms with van der Waals surface area (Å²) in [5.41, 5.74) is 0. The average molecular weight is 277 g/mol. The lowest BCUT2D eigenvalue weighted by molar-refractivity contribution is -0.0976. The first kappa shape index (κ1) is 13.9. The number of para-hydroxylation sites is 1. The van der Waals surface area contributed by atoms with E-state index in [1.54, 1.807) is 0 Å². The monoisotopic (exact) mass is 277 g/mol. The van der Waals surface area contributed by atoms with Crippen molar-refractivity contribution in [3.8, 4) is 5.75 Å². The Morgan fingerprint density at radius 3 is 2.45 bits per heavy atom. The lowest BCUT2D eigenvalue weighted by Gasteiger charge is -2.33. The van der Waals surface area contributed by atoms with Gasteiger partial charge in [0.1, 0.15) is 12.4 Å². The second kappa shape index (κ2) is 7.07. The van der Waals surface area contributed by atoms with Crippen LogP contribution in [0.25, 0.3) is 0 Å². The zero-order chi connectivity index (χ0) is 13.6. The summed E-state index contributed by atoms with van der Waals surface area (Å²) >= 11 is 0. The summed E-state index contributed by atoms with van der Waals surface area (Å²) < 4.78 is 16.9. The zero-order valence-corrected chi connectivity index (χ0v) is 11.9. The normalized spacial score (nSPS) is 22.2. The SMILES string of the molecule is c1ccc(OCCN2CCC(C3OCCO3)CC2)cc1. The molecule has 0 N–H and O–H groups in total. The maximum absolute atomic E-state index is 5.74. The molecule has 0 amide bonds. The summed E-state index contributed by atoms with van der Waals surface area (Å²) in [4.78, 5) is 2.47. The second-order valence-corrected chi connectivity index (χ2v) is 5.45. The van der Waals surface area contributed by atoms with Gasteiger partial charge in [0.05, 0.1) is 13.2 Å². The molecule has 110 valence electrons.